The molecular weight excluding hydrogens is 402 g/mol. The average molecular weight is 432 g/mol. The molecule has 1 heterocycles. The molecule has 0 aromatic heterocycles. The molecule has 0 aliphatic carbocycles. The number of hydrogen-bond donors (Lipinski definition) is 2. The Morgan fingerprint density at radius 1 is 1.03 bits per heavy atom. The molecule has 1 aliphatic rings. The van der Waals surface area contributed by atoms with Gasteiger partial charge < -0.3 is 9.64 Å². The number of carbonyl (C=O) groups excluding carboxylic acids is 2. The largest absolute Gasteiger partial charge is 0.458 e. The van der Waals surface area contributed by atoms with E-state index in [4.69, 9.17) is 11.2 Å². The number of benzene rings is 2. The lowest BCUT2D eigenvalue weighted by Crippen LogP contribution is -2.47. The van der Waals surface area contributed by atoms with Gasteiger partial charge in [0.2, 0.25) is 0 Å². The van der Waals surface area contributed by atoms with Gasteiger partial charge in [-0.3, -0.25) is 15.6 Å². The van der Waals surface area contributed by atoms with Crippen LogP contribution in [0.1, 0.15) is 44.7 Å². The fourth-order valence-electron chi connectivity index (χ4n) is 3.75. The molecule has 2 aromatic rings. The van der Waals surface area contributed by atoms with Crippen molar-refractivity contribution < 1.29 is 14.3 Å². The maximum Gasteiger partial charge on any atom is 0.329 e. The first-order valence-electron chi connectivity index (χ1n) is 10.7. The van der Waals surface area contributed by atoms with E-state index in [1.54, 1.807) is 4.90 Å². The van der Waals surface area contributed by atoms with E-state index in [1.807, 2.05) is 81.4 Å². The Morgan fingerprint density at radius 3 is 2.09 bits per heavy atom. The second-order valence-electron chi connectivity index (χ2n) is 8.57. The van der Waals surface area contributed by atoms with Crippen LogP contribution in [0.15, 0.2) is 66.4 Å². The predicted octanol–water partition coefficient (Wildman–Crippen LogP) is 3.46. The molecule has 0 radical (unpaired) electrons. The lowest BCUT2D eigenvalue weighted by molar-refractivity contribution is -0.162. The molecule has 32 heavy (non-hydrogen) atoms. The van der Waals surface area contributed by atoms with Gasteiger partial charge in [-0.1, -0.05) is 67.1 Å². The molecule has 0 bridgehead atoms. The zero-order valence-electron chi connectivity index (χ0n) is 18.7. The number of terminal acetylenes is 1. The number of nitrogens with zero attached hydrogens (tertiary/aromatic N) is 1. The van der Waals surface area contributed by atoms with E-state index in [2.05, 4.69) is 16.9 Å². The van der Waals surface area contributed by atoms with Crippen molar-refractivity contribution in [2.45, 2.75) is 45.3 Å². The predicted molar refractivity (Wildman–Crippen MR) is 125 cm³/mol. The highest BCUT2D eigenvalue weighted by molar-refractivity contribution is 6.05. The van der Waals surface area contributed by atoms with Gasteiger partial charge >= 0.3 is 5.97 Å². The molecule has 1 atom stereocenters. The van der Waals surface area contributed by atoms with Gasteiger partial charge in [0.15, 0.2) is 0 Å². The maximum atomic E-state index is 13.8. The summed E-state index contributed by atoms with van der Waals surface area (Å²) in [6, 6.07) is 20.9. The molecule has 6 nitrogen and oxygen atoms in total. The minimum atomic E-state index is -0.642. The minimum Gasteiger partial charge on any atom is -0.458 e. The number of hydrogen-bond acceptors (Lipinski definition) is 5. The van der Waals surface area contributed by atoms with E-state index in [9.17, 15) is 9.59 Å². The standard InChI is InChI=1S/C26H29N3O3/c1-5-27-28-23(22(19-13-8-6-9-14-19)20-15-10-7-11-16-20)24(30)29-18-12-17-21(29)25(31)32-26(2,3)4/h1,6-11,13-16,21,27-28H,12,17-18H2,2-4H3/t21-/m0/s1. The van der Waals surface area contributed by atoms with Gasteiger partial charge in [0.1, 0.15) is 17.3 Å². The van der Waals surface area contributed by atoms with Crippen LogP contribution in [0.2, 0.25) is 0 Å². The number of amides is 1. The Bertz CT molecular complexity index is 976. The third-order valence-corrected chi connectivity index (χ3v) is 5.04. The van der Waals surface area contributed by atoms with Crippen molar-refractivity contribution in [1.82, 2.24) is 15.8 Å². The monoisotopic (exact) mass is 431 g/mol. The Balaban J connectivity index is 2.08. The molecule has 0 spiro atoms. The zero-order chi connectivity index (χ0) is 23.1. The third kappa shape index (κ3) is 5.50. The first kappa shape index (κ1) is 23.0. The van der Waals surface area contributed by atoms with Crippen molar-refractivity contribution in [1.29, 1.82) is 0 Å². The lowest BCUT2D eigenvalue weighted by atomic mass is 9.95. The summed E-state index contributed by atoms with van der Waals surface area (Å²) in [5.41, 5.74) is 7.54. The fourth-order valence-corrected chi connectivity index (χ4v) is 3.75. The molecule has 1 amide bonds. The number of esters is 1. The van der Waals surface area contributed by atoms with Crippen LogP contribution in [0.3, 0.4) is 0 Å². The molecular formula is C26H29N3O3. The molecule has 2 aromatic carbocycles. The molecule has 1 aliphatic heterocycles. The summed E-state index contributed by atoms with van der Waals surface area (Å²) in [7, 11) is 0. The van der Waals surface area contributed by atoms with Gasteiger partial charge in [-0.05, 0) is 44.7 Å². The Kier molecular flexibility index (Phi) is 7.21. The first-order valence-corrected chi connectivity index (χ1v) is 10.7. The number of nitrogens with one attached hydrogen (secondary N) is 2. The van der Waals surface area contributed by atoms with Crippen LogP contribution in [0.4, 0.5) is 0 Å². The van der Waals surface area contributed by atoms with E-state index in [1.165, 1.54) is 0 Å². The smallest absolute Gasteiger partial charge is 0.329 e. The second-order valence-corrected chi connectivity index (χ2v) is 8.57. The molecule has 3 rings (SSSR count). The normalized spacial score (nSPS) is 15.4. The molecule has 1 saturated heterocycles. The van der Waals surface area contributed by atoms with Crippen LogP contribution in [-0.2, 0) is 14.3 Å². The fraction of sp³-hybridized carbons (Fsp3) is 0.308. The summed E-state index contributed by atoms with van der Waals surface area (Å²) in [5, 5.41) is 0. The summed E-state index contributed by atoms with van der Waals surface area (Å²) in [5.74, 6) is -0.711. The Morgan fingerprint density at radius 2 is 1.59 bits per heavy atom. The summed E-state index contributed by atoms with van der Waals surface area (Å²) >= 11 is 0. The van der Waals surface area contributed by atoms with Crippen molar-refractivity contribution >= 4 is 17.4 Å². The van der Waals surface area contributed by atoms with E-state index >= 15 is 0 Å². The number of likely N-dealkylation sites (tertiary alicyclic amines) is 1. The molecule has 166 valence electrons. The van der Waals surface area contributed by atoms with Crippen LogP contribution >= 0.6 is 0 Å². The van der Waals surface area contributed by atoms with E-state index in [0.717, 1.165) is 17.5 Å². The topological polar surface area (TPSA) is 70.7 Å². The van der Waals surface area contributed by atoms with Gasteiger partial charge in [0.05, 0.1) is 0 Å². The van der Waals surface area contributed by atoms with Crippen LogP contribution in [0.5, 0.6) is 0 Å². The number of carbonyl (C=O) groups is 2. The highest BCUT2D eigenvalue weighted by atomic mass is 16.6. The van der Waals surface area contributed by atoms with Crippen molar-refractivity contribution in [2.24, 2.45) is 0 Å². The number of rotatable bonds is 6. The lowest BCUT2D eigenvalue weighted by Gasteiger charge is -2.29. The van der Waals surface area contributed by atoms with Gasteiger partial charge in [0, 0.05) is 18.2 Å². The van der Waals surface area contributed by atoms with E-state index < -0.39 is 17.6 Å². The third-order valence-electron chi connectivity index (χ3n) is 5.04. The van der Waals surface area contributed by atoms with Crippen LogP contribution in [-0.4, -0.2) is 35.0 Å². The van der Waals surface area contributed by atoms with Gasteiger partial charge in [0.25, 0.3) is 5.91 Å². The molecule has 0 saturated carbocycles. The van der Waals surface area contributed by atoms with Gasteiger partial charge in [-0.15, -0.1) is 0 Å². The zero-order valence-corrected chi connectivity index (χ0v) is 18.7. The highest BCUT2D eigenvalue weighted by Gasteiger charge is 2.38. The highest BCUT2D eigenvalue weighted by Crippen LogP contribution is 2.29. The van der Waals surface area contributed by atoms with Crippen molar-refractivity contribution in [2.75, 3.05) is 6.54 Å². The number of hydrazine groups is 1. The first-order chi connectivity index (χ1) is 15.3. The SMILES string of the molecule is C#CNNC(C(=O)N1CCC[C@H]1C(=O)OC(C)(C)C)=C(c1ccccc1)c1ccccc1. The van der Waals surface area contributed by atoms with Crippen molar-refractivity contribution in [3.8, 4) is 12.5 Å². The summed E-state index contributed by atoms with van der Waals surface area (Å²) < 4.78 is 5.58. The van der Waals surface area contributed by atoms with Gasteiger partial charge in [-0.25, -0.2) is 4.79 Å². The van der Waals surface area contributed by atoms with Crippen LogP contribution in [0.25, 0.3) is 5.57 Å². The number of ether oxygens (including phenoxy) is 1. The quantitative estimate of drug-likeness (QED) is 0.241. The van der Waals surface area contributed by atoms with Crippen LogP contribution in [0, 0.1) is 12.5 Å². The minimum absolute atomic E-state index is 0.274. The average Bonchev–Trinajstić information content (AvgIpc) is 3.26. The molecule has 2 N–H and O–H groups in total. The van der Waals surface area contributed by atoms with Crippen LogP contribution < -0.4 is 10.9 Å². The van der Waals surface area contributed by atoms with Crippen molar-refractivity contribution in [3.63, 3.8) is 0 Å². The van der Waals surface area contributed by atoms with E-state index in [0.29, 0.717) is 18.5 Å². The summed E-state index contributed by atoms with van der Waals surface area (Å²) in [6.45, 7) is 5.91. The Labute approximate surface area is 189 Å². The molecule has 6 heteroatoms. The molecule has 1 fully saturated rings. The Hall–Kier alpha value is -3.72. The molecule has 0 unspecified atom stereocenters. The van der Waals surface area contributed by atoms with Crippen molar-refractivity contribution in [3.05, 3.63) is 77.5 Å². The second kappa shape index (κ2) is 10.1. The van der Waals surface area contributed by atoms with E-state index in [-0.39, 0.29) is 11.6 Å². The summed E-state index contributed by atoms with van der Waals surface area (Å²) in [6.07, 6.45) is 6.69. The maximum absolute atomic E-state index is 13.8. The van der Waals surface area contributed by atoms with Gasteiger partial charge in [-0.2, -0.15) is 0 Å². The summed E-state index contributed by atoms with van der Waals surface area (Å²) in [4.78, 5) is 28.2.